The highest BCUT2D eigenvalue weighted by Crippen LogP contribution is 2.34. The van der Waals surface area contributed by atoms with Gasteiger partial charge in [0.1, 0.15) is 5.82 Å². The lowest BCUT2D eigenvalue weighted by Gasteiger charge is -2.43. The van der Waals surface area contributed by atoms with E-state index in [2.05, 4.69) is 22.3 Å². The lowest BCUT2D eigenvalue weighted by molar-refractivity contribution is 0.0651. The number of hydrogen-bond donors (Lipinski definition) is 2. The molecule has 0 saturated carbocycles. The molecule has 0 radical (unpaired) electrons. The highest BCUT2D eigenvalue weighted by Gasteiger charge is 2.38. The maximum Gasteiger partial charge on any atom is 0.282 e. The van der Waals surface area contributed by atoms with Crippen LogP contribution in [0.3, 0.4) is 0 Å². The summed E-state index contributed by atoms with van der Waals surface area (Å²) in [5.41, 5.74) is 5.38. The zero-order chi connectivity index (χ0) is 28.1. The first-order valence-electron chi connectivity index (χ1n) is 13.6. The maximum absolute atomic E-state index is 13.6. The van der Waals surface area contributed by atoms with Crippen LogP contribution in [0, 0.1) is 18.2 Å². The van der Waals surface area contributed by atoms with Gasteiger partial charge in [-0.25, -0.2) is 4.39 Å². The molecular formula is C30H36FN5O3S. The molecule has 3 aromatic carbocycles. The molecule has 0 amide bonds. The number of hydrogen-bond acceptors (Lipinski definition) is 6. The van der Waals surface area contributed by atoms with Crippen LogP contribution in [0.4, 0.5) is 15.8 Å². The molecule has 0 aliphatic carbocycles. The topological polar surface area (TPSA) is 89.0 Å². The van der Waals surface area contributed by atoms with Gasteiger partial charge in [-0.05, 0) is 66.4 Å². The molecule has 5 rings (SSSR count). The van der Waals surface area contributed by atoms with Gasteiger partial charge in [-0.3, -0.25) is 4.90 Å². The maximum atomic E-state index is 13.6. The highest BCUT2D eigenvalue weighted by molar-refractivity contribution is 7.86. The summed E-state index contributed by atoms with van der Waals surface area (Å²) in [5.74, 6) is -0.311. The van der Waals surface area contributed by atoms with Gasteiger partial charge in [0.25, 0.3) is 10.2 Å². The number of nitrogens with one attached hydrogen (secondary N) is 2. The quantitative estimate of drug-likeness (QED) is 0.377. The van der Waals surface area contributed by atoms with Crippen molar-refractivity contribution in [3.8, 4) is 0 Å². The molecule has 0 bridgehead atoms. The van der Waals surface area contributed by atoms with E-state index in [9.17, 15) is 12.8 Å². The zero-order valence-corrected chi connectivity index (χ0v) is 23.5. The van der Waals surface area contributed by atoms with Gasteiger partial charge in [0.15, 0.2) is 0 Å². The van der Waals surface area contributed by atoms with Crippen molar-refractivity contribution in [1.82, 2.24) is 13.5 Å². The van der Waals surface area contributed by atoms with Crippen LogP contribution in [0.25, 0.3) is 0 Å². The van der Waals surface area contributed by atoms with Gasteiger partial charge in [-0.1, -0.05) is 30.3 Å². The fourth-order valence-corrected chi connectivity index (χ4v) is 7.02. The van der Waals surface area contributed by atoms with E-state index in [1.807, 2.05) is 37.3 Å². The van der Waals surface area contributed by atoms with E-state index in [1.165, 1.54) is 28.2 Å². The fraction of sp³-hybridized carbons (Fsp3) is 0.367. The first-order chi connectivity index (χ1) is 19.3. The lowest BCUT2D eigenvalue weighted by Crippen LogP contribution is -2.56. The SMILES string of the molecule is Cc1cc(Nc2ccc(F)cc2)c(C=N)cc1[C@@H]1CN(S(=O)(=O)N2CCOCC2)CCN1CCc1ccccc1. The van der Waals surface area contributed by atoms with Crippen LogP contribution in [-0.2, 0) is 21.4 Å². The molecule has 0 unspecified atom stereocenters. The van der Waals surface area contributed by atoms with Crippen molar-refractivity contribution < 1.29 is 17.5 Å². The molecule has 2 fully saturated rings. The Hall–Kier alpha value is -3.15. The van der Waals surface area contributed by atoms with Crippen LogP contribution >= 0.6 is 0 Å². The lowest BCUT2D eigenvalue weighted by atomic mass is 9.94. The van der Waals surface area contributed by atoms with Crippen molar-refractivity contribution in [2.45, 2.75) is 19.4 Å². The van der Waals surface area contributed by atoms with Crippen LogP contribution in [0.2, 0.25) is 0 Å². The van der Waals surface area contributed by atoms with E-state index in [-0.39, 0.29) is 11.9 Å². The second kappa shape index (κ2) is 12.6. The van der Waals surface area contributed by atoms with Crippen molar-refractivity contribution in [3.63, 3.8) is 0 Å². The van der Waals surface area contributed by atoms with Gasteiger partial charge in [0, 0.05) is 68.5 Å². The third-order valence-electron chi connectivity index (χ3n) is 7.68. The Balaban J connectivity index is 1.45. The summed E-state index contributed by atoms with van der Waals surface area (Å²) in [6.45, 7) is 5.70. The van der Waals surface area contributed by atoms with Gasteiger partial charge < -0.3 is 15.5 Å². The molecule has 40 heavy (non-hydrogen) atoms. The van der Waals surface area contributed by atoms with Crippen LogP contribution < -0.4 is 5.32 Å². The summed E-state index contributed by atoms with van der Waals surface area (Å²) < 4.78 is 49.1. The van der Waals surface area contributed by atoms with Gasteiger partial charge in [-0.15, -0.1) is 0 Å². The van der Waals surface area contributed by atoms with E-state index < -0.39 is 10.2 Å². The molecule has 0 aromatic heterocycles. The third kappa shape index (κ3) is 6.42. The molecule has 3 aromatic rings. The van der Waals surface area contributed by atoms with Crippen molar-refractivity contribution in [1.29, 1.82) is 5.41 Å². The monoisotopic (exact) mass is 565 g/mol. The van der Waals surface area contributed by atoms with Gasteiger partial charge in [-0.2, -0.15) is 17.0 Å². The smallest absolute Gasteiger partial charge is 0.282 e. The van der Waals surface area contributed by atoms with Crippen molar-refractivity contribution in [3.05, 3.63) is 94.8 Å². The van der Waals surface area contributed by atoms with Crippen LogP contribution in [0.5, 0.6) is 0 Å². The Morgan fingerprint density at radius 2 is 1.73 bits per heavy atom. The largest absolute Gasteiger partial charge is 0.379 e. The van der Waals surface area contributed by atoms with E-state index >= 15 is 0 Å². The Bertz CT molecular complexity index is 1410. The van der Waals surface area contributed by atoms with E-state index in [4.69, 9.17) is 10.1 Å². The number of anilines is 2. The standard InChI is InChI=1S/C30H36FN5O3S/c1-23-19-29(33-27-9-7-26(31)8-10-27)25(21-32)20-28(23)30-22-36(40(37,38)35-15-17-39-18-16-35)14-13-34(30)12-11-24-5-3-2-4-6-24/h2-10,19-21,30,32-33H,11-18,22H2,1H3/t30-/m0/s1. The molecular weight excluding hydrogens is 529 g/mol. The fourth-order valence-electron chi connectivity index (χ4n) is 5.44. The summed E-state index contributed by atoms with van der Waals surface area (Å²) in [6.07, 6.45) is 2.16. The summed E-state index contributed by atoms with van der Waals surface area (Å²) in [4.78, 5) is 2.36. The number of nitrogens with zero attached hydrogens (tertiary/aromatic N) is 3. The first-order valence-corrected chi connectivity index (χ1v) is 15.0. The molecule has 2 heterocycles. The summed E-state index contributed by atoms with van der Waals surface area (Å²) >= 11 is 0. The Morgan fingerprint density at radius 3 is 2.42 bits per heavy atom. The van der Waals surface area contributed by atoms with Crippen molar-refractivity contribution in [2.75, 3.05) is 57.8 Å². The second-order valence-electron chi connectivity index (χ2n) is 10.2. The molecule has 8 nitrogen and oxygen atoms in total. The predicted molar refractivity (Wildman–Crippen MR) is 156 cm³/mol. The minimum absolute atomic E-state index is 0.174. The van der Waals surface area contributed by atoms with Crippen LogP contribution in [0.15, 0.2) is 66.7 Å². The minimum Gasteiger partial charge on any atom is -0.379 e. The van der Waals surface area contributed by atoms with E-state index in [0.29, 0.717) is 51.5 Å². The van der Waals surface area contributed by atoms with Crippen LogP contribution in [0.1, 0.15) is 28.3 Å². The van der Waals surface area contributed by atoms with Gasteiger partial charge >= 0.3 is 0 Å². The number of aryl methyl sites for hydroxylation is 1. The molecule has 212 valence electrons. The number of piperazine rings is 1. The van der Waals surface area contributed by atoms with E-state index in [0.717, 1.165) is 35.5 Å². The molecule has 2 N–H and O–H groups in total. The summed E-state index contributed by atoms with van der Waals surface area (Å²) in [5, 5.41) is 11.4. The molecule has 1 atom stereocenters. The van der Waals surface area contributed by atoms with Crippen LogP contribution in [-0.4, -0.2) is 80.6 Å². The molecule has 2 aliphatic rings. The number of halogens is 1. The first kappa shape index (κ1) is 28.4. The number of rotatable bonds is 9. The average molecular weight is 566 g/mol. The average Bonchev–Trinajstić information content (AvgIpc) is 2.98. The van der Waals surface area contributed by atoms with Crippen molar-refractivity contribution >= 4 is 27.8 Å². The third-order valence-corrected chi connectivity index (χ3v) is 9.68. The van der Waals surface area contributed by atoms with Crippen molar-refractivity contribution in [2.24, 2.45) is 0 Å². The Kier molecular flexibility index (Phi) is 8.92. The molecule has 10 heteroatoms. The number of benzene rings is 3. The second-order valence-corrected chi connectivity index (χ2v) is 12.2. The summed E-state index contributed by atoms with van der Waals surface area (Å²) in [6, 6.07) is 20.2. The molecule has 0 spiro atoms. The van der Waals surface area contributed by atoms with E-state index in [1.54, 1.807) is 16.4 Å². The normalized spacial score (nSPS) is 19.4. The Morgan fingerprint density at radius 1 is 1.00 bits per heavy atom. The Labute approximate surface area is 236 Å². The predicted octanol–water partition coefficient (Wildman–Crippen LogP) is 4.35. The van der Waals surface area contributed by atoms with Gasteiger partial charge in [0.2, 0.25) is 0 Å². The highest BCUT2D eigenvalue weighted by atomic mass is 32.2. The molecule has 2 aliphatic heterocycles. The molecule has 2 saturated heterocycles. The number of ether oxygens (including phenoxy) is 1. The number of morpholine rings is 1. The summed E-state index contributed by atoms with van der Waals surface area (Å²) in [7, 11) is -3.63. The minimum atomic E-state index is -3.63. The van der Waals surface area contributed by atoms with Gasteiger partial charge in [0.05, 0.1) is 13.2 Å². The zero-order valence-electron chi connectivity index (χ0n) is 22.7.